The molecule has 0 aromatic carbocycles. The van der Waals surface area contributed by atoms with Crippen molar-refractivity contribution in [3.8, 4) is 0 Å². The molecule has 0 atom stereocenters. The Morgan fingerprint density at radius 2 is 1.20 bits per heavy atom. The van der Waals surface area contributed by atoms with Crippen molar-refractivity contribution in [2.45, 2.75) is 20.3 Å². The molecule has 7 heteroatoms. The van der Waals surface area contributed by atoms with E-state index in [4.69, 9.17) is 19.2 Å². The summed E-state index contributed by atoms with van der Waals surface area (Å²) in [5, 5.41) is 0. The molecule has 0 radical (unpaired) electrons. The summed E-state index contributed by atoms with van der Waals surface area (Å²) < 4.78 is 8.88. The maximum absolute atomic E-state index is 8.88. The number of rotatable bonds is 0. The molecule has 0 fully saturated rings. The van der Waals surface area contributed by atoms with Crippen molar-refractivity contribution in [3.05, 3.63) is 0 Å². The van der Waals surface area contributed by atoms with Crippen molar-refractivity contribution in [1.29, 1.82) is 0 Å². The third-order valence-electron chi connectivity index (χ3n) is 0. The van der Waals surface area contributed by atoms with Crippen LogP contribution in [0.5, 0.6) is 0 Å². The van der Waals surface area contributed by atoms with Crippen LogP contribution in [-0.2, 0) is 4.57 Å². The summed E-state index contributed by atoms with van der Waals surface area (Å²) in [6.07, 6.45) is 1.25. The zero-order chi connectivity index (χ0) is 7.21. The molecule has 0 aromatic rings. The fourth-order valence-corrected chi connectivity index (χ4v) is 0. The Hall–Kier alpha value is 2.11. The molecular formula is C3H13Na2O4P. The van der Waals surface area contributed by atoms with Crippen LogP contribution in [-0.4, -0.2) is 14.7 Å². The first-order chi connectivity index (χ1) is 3.41. The van der Waals surface area contributed by atoms with Gasteiger partial charge in [-0.3, -0.25) is 0 Å². The van der Waals surface area contributed by atoms with Gasteiger partial charge in [0.2, 0.25) is 0 Å². The van der Waals surface area contributed by atoms with E-state index in [0.29, 0.717) is 0 Å². The second-order valence-electron chi connectivity index (χ2n) is 1.22. The standard InChI is InChI=1S/C3H8.2Na.H3O4P.2H/c1-3-2;;;1-5(2,3)4;;/h3H2,1-2H3;;;(H3,1,2,3,4);;/q;2*+1;;2*-1. The van der Waals surface area contributed by atoms with E-state index < -0.39 is 7.82 Å². The van der Waals surface area contributed by atoms with E-state index in [1.807, 2.05) is 0 Å². The minimum absolute atomic E-state index is 0. The van der Waals surface area contributed by atoms with Crippen molar-refractivity contribution in [1.82, 2.24) is 0 Å². The average molecular weight is 190 g/mol. The van der Waals surface area contributed by atoms with Crippen LogP contribution >= 0.6 is 7.82 Å². The first-order valence-corrected chi connectivity index (χ1v) is 3.76. The Labute approximate surface area is 108 Å². The SMILES string of the molecule is CCC.O=P(O)(O)O.[H-].[H-].[Na+].[Na+]. The second-order valence-corrected chi connectivity index (χ2v) is 2.25. The van der Waals surface area contributed by atoms with Crippen LogP contribution in [0.25, 0.3) is 0 Å². The van der Waals surface area contributed by atoms with Gasteiger partial charge in [-0.25, -0.2) is 4.57 Å². The van der Waals surface area contributed by atoms with Crippen LogP contribution in [0.4, 0.5) is 0 Å². The van der Waals surface area contributed by atoms with Gasteiger partial charge in [-0.05, 0) is 0 Å². The van der Waals surface area contributed by atoms with Gasteiger partial charge in [-0.2, -0.15) is 0 Å². The molecule has 10 heavy (non-hydrogen) atoms. The minimum Gasteiger partial charge on any atom is -1.00 e. The van der Waals surface area contributed by atoms with Crippen molar-refractivity contribution >= 4 is 7.82 Å². The molecule has 0 bridgehead atoms. The molecule has 0 unspecified atom stereocenters. The molecule has 0 heterocycles. The minimum atomic E-state index is -4.64. The molecule has 4 nitrogen and oxygen atoms in total. The Kier molecular flexibility index (Phi) is 31.1. The molecule has 0 aliphatic rings. The number of hydrogen-bond acceptors (Lipinski definition) is 1. The molecule has 0 aliphatic carbocycles. The van der Waals surface area contributed by atoms with Gasteiger partial charge < -0.3 is 17.5 Å². The normalized spacial score (nSPS) is 7.70. The molecule has 0 saturated carbocycles. The summed E-state index contributed by atoms with van der Waals surface area (Å²) in [6.45, 7) is 4.25. The zero-order valence-corrected chi connectivity index (χ0v) is 11.8. The smallest absolute Gasteiger partial charge is 1.00 e. The van der Waals surface area contributed by atoms with E-state index in [1.165, 1.54) is 6.42 Å². The summed E-state index contributed by atoms with van der Waals surface area (Å²) in [5.74, 6) is 0. The maximum atomic E-state index is 8.88. The van der Waals surface area contributed by atoms with E-state index >= 15 is 0 Å². The van der Waals surface area contributed by atoms with Gasteiger partial charge >= 0.3 is 66.9 Å². The predicted octanol–water partition coefficient (Wildman–Crippen LogP) is -5.28. The van der Waals surface area contributed by atoms with Gasteiger partial charge in [0.05, 0.1) is 0 Å². The van der Waals surface area contributed by atoms with Crippen LogP contribution in [0.1, 0.15) is 23.1 Å². The van der Waals surface area contributed by atoms with Gasteiger partial charge in [0.15, 0.2) is 0 Å². The summed E-state index contributed by atoms with van der Waals surface area (Å²) in [4.78, 5) is 21.6. The van der Waals surface area contributed by atoms with Crippen LogP contribution in [0.15, 0.2) is 0 Å². The van der Waals surface area contributed by atoms with Crippen LogP contribution in [0.2, 0.25) is 0 Å². The molecule has 56 valence electrons. The van der Waals surface area contributed by atoms with Gasteiger partial charge in [0.1, 0.15) is 0 Å². The van der Waals surface area contributed by atoms with E-state index in [1.54, 1.807) is 0 Å². The Morgan fingerprint density at radius 3 is 1.20 bits per heavy atom. The van der Waals surface area contributed by atoms with Gasteiger partial charge in [0, 0.05) is 0 Å². The van der Waals surface area contributed by atoms with E-state index in [2.05, 4.69) is 13.8 Å². The Balaban J connectivity index is -0.0000000119. The molecule has 0 aliphatic heterocycles. The fourth-order valence-electron chi connectivity index (χ4n) is 0. The summed E-state index contributed by atoms with van der Waals surface area (Å²) >= 11 is 0. The van der Waals surface area contributed by atoms with Crippen molar-refractivity contribution in [2.75, 3.05) is 0 Å². The monoisotopic (exact) mass is 190 g/mol. The van der Waals surface area contributed by atoms with Crippen molar-refractivity contribution in [3.63, 3.8) is 0 Å². The number of phosphoric acid groups is 1. The van der Waals surface area contributed by atoms with E-state index in [0.717, 1.165) is 0 Å². The van der Waals surface area contributed by atoms with Gasteiger partial charge in [-0.1, -0.05) is 20.3 Å². The average Bonchev–Trinajstić information content (AvgIpc) is 1.27. The van der Waals surface area contributed by atoms with Crippen molar-refractivity contribution in [2.24, 2.45) is 0 Å². The summed E-state index contributed by atoms with van der Waals surface area (Å²) in [7, 11) is -4.64. The third-order valence-corrected chi connectivity index (χ3v) is 0. The van der Waals surface area contributed by atoms with Gasteiger partial charge in [-0.15, -0.1) is 0 Å². The second kappa shape index (κ2) is 13.7. The molecular weight excluding hydrogens is 177 g/mol. The topological polar surface area (TPSA) is 77.8 Å². The third kappa shape index (κ3) is 188. The Morgan fingerprint density at radius 1 is 1.20 bits per heavy atom. The quantitative estimate of drug-likeness (QED) is 0.263. The van der Waals surface area contributed by atoms with Crippen LogP contribution < -0.4 is 59.1 Å². The molecule has 0 rings (SSSR count). The zero-order valence-electron chi connectivity index (χ0n) is 8.90. The largest absolute Gasteiger partial charge is 1.00 e. The summed E-state index contributed by atoms with van der Waals surface area (Å²) in [6, 6.07) is 0. The predicted molar refractivity (Wildman–Crippen MR) is 32.5 cm³/mol. The Bertz CT molecular complexity index is 82.1. The van der Waals surface area contributed by atoms with Gasteiger partial charge in [0.25, 0.3) is 0 Å². The van der Waals surface area contributed by atoms with Crippen molar-refractivity contribution < 1.29 is 81.2 Å². The molecule has 3 N–H and O–H groups in total. The fraction of sp³-hybridized carbons (Fsp3) is 1.00. The number of hydrogen-bond donors (Lipinski definition) is 3. The van der Waals surface area contributed by atoms with Crippen LogP contribution in [0.3, 0.4) is 0 Å². The molecule has 0 amide bonds. The summed E-state index contributed by atoms with van der Waals surface area (Å²) in [5.41, 5.74) is 0. The maximum Gasteiger partial charge on any atom is 1.00 e. The first-order valence-electron chi connectivity index (χ1n) is 2.20. The first kappa shape index (κ1) is 22.7. The molecule has 0 saturated heterocycles. The van der Waals surface area contributed by atoms with E-state index in [9.17, 15) is 0 Å². The van der Waals surface area contributed by atoms with E-state index in [-0.39, 0.29) is 62.0 Å². The molecule has 0 spiro atoms. The van der Waals surface area contributed by atoms with Crippen LogP contribution in [0, 0.1) is 0 Å². The molecule has 0 aromatic heterocycles.